The number of allylic oxidation sites excluding steroid dienone is 1. The van der Waals surface area contributed by atoms with Crippen LogP contribution in [0.1, 0.15) is 29.8 Å². The van der Waals surface area contributed by atoms with E-state index in [9.17, 15) is 4.79 Å². The molecule has 0 saturated carbocycles. The van der Waals surface area contributed by atoms with Crippen molar-refractivity contribution in [3.05, 3.63) is 47.7 Å². The van der Waals surface area contributed by atoms with E-state index in [1.54, 1.807) is 6.92 Å². The van der Waals surface area contributed by atoms with Crippen LogP contribution in [0, 0.1) is 0 Å². The fraction of sp³-hybridized carbons (Fsp3) is 0.167. The Morgan fingerprint density at radius 2 is 1.77 bits per heavy atom. The predicted octanol–water partition coefficient (Wildman–Crippen LogP) is 3.08. The number of Topliss-reactive ketones (excluding diaryl/α,β-unsaturated/α-hetero) is 1. The van der Waals surface area contributed by atoms with Gasteiger partial charge in [0.1, 0.15) is 0 Å². The fourth-order valence-electron chi connectivity index (χ4n) is 1.21. The molecule has 0 heterocycles. The maximum atomic E-state index is 11.2. The van der Waals surface area contributed by atoms with Crippen LogP contribution in [-0.2, 0) is 0 Å². The van der Waals surface area contributed by atoms with Crippen LogP contribution >= 0.6 is 0 Å². The summed E-state index contributed by atoms with van der Waals surface area (Å²) in [4.78, 5) is 11.2. The van der Waals surface area contributed by atoms with Crippen LogP contribution < -0.4 is 0 Å². The fourth-order valence-corrected chi connectivity index (χ4v) is 1.21. The topological polar surface area (TPSA) is 17.1 Å². The van der Waals surface area contributed by atoms with E-state index < -0.39 is 0 Å². The van der Waals surface area contributed by atoms with E-state index in [1.165, 1.54) is 0 Å². The number of carbonyl (C=O) groups excluding carboxylic acids is 1. The van der Waals surface area contributed by atoms with Crippen molar-refractivity contribution >= 4 is 11.4 Å². The highest BCUT2D eigenvalue weighted by Gasteiger charge is 2.06. The van der Waals surface area contributed by atoms with Crippen LogP contribution in [0.25, 0.3) is 5.57 Å². The van der Waals surface area contributed by atoms with Crippen molar-refractivity contribution in [2.45, 2.75) is 13.8 Å². The largest absolute Gasteiger partial charge is 0.294 e. The van der Waals surface area contributed by atoms with E-state index in [0.29, 0.717) is 0 Å². The maximum absolute atomic E-state index is 11.2. The lowest BCUT2D eigenvalue weighted by Crippen LogP contribution is -1.96. The zero-order chi connectivity index (χ0) is 9.84. The second-order valence-electron chi connectivity index (χ2n) is 2.90. The van der Waals surface area contributed by atoms with Crippen LogP contribution in [0.5, 0.6) is 0 Å². The highest BCUT2D eigenvalue weighted by molar-refractivity contribution is 5.98. The van der Waals surface area contributed by atoms with Gasteiger partial charge in [-0.2, -0.15) is 0 Å². The van der Waals surface area contributed by atoms with Gasteiger partial charge in [-0.1, -0.05) is 30.8 Å². The lowest BCUT2D eigenvalue weighted by atomic mass is 9.99. The minimum atomic E-state index is 0.0743. The van der Waals surface area contributed by atoms with Gasteiger partial charge in [0.05, 0.1) is 0 Å². The van der Waals surface area contributed by atoms with Crippen molar-refractivity contribution in [3.8, 4) is 0 Å². The van der Waals surface area contributed by atoms with Crippen LogP contribution in [0.3, 0.4) is 0 Å². The Bertz CT molecular complexity index is 382. The van der Waals surface area contributed by atoms with Gasteiger partial charge in [-0.3, -0.25) is 4.79 Å². The lowest BCUT2D eigenvalue weighted by molar-refractivity contribution is 0.101. The second kappa shape index (κ2) is 3.88. The van der Waals surface area contributed by atoms with E-state index in [-0.39, 0.29) is 5.78 Å². The van der Waals surface area contributed by atoms with Gasteiger partial charge in [-0.15, -0.1) is 5.73 Å². The highest BCUT2D eigenvalue weighted by Crippen LogP contribution is 2.17. The molecule has 1 aromatic rings. The average Bonchev–Trinajstić information content (AvgIpc) is 2.16. The minimum absolute atomic E-state index is 0.0743. The van der Waals surface area contributed by atoms with Gasteiger partial charge < -0.3 is 0 Å². The Labute approximate surface area is 78.4 Å². The Morgan fingerprint density at radius 1 is 1.23 bits per heavy atom. The molecule has 1 rings (SSSR count). The number of hydrogen-bond donors (Lipinski definition) is 0. The van der Waals surface area contributed by atoms with Crippen LogP contribution in [0.15, 0.2) is 36.6 Å². The van der Waals surface area contributed by atoms with E-state index >= 15 is 0 Å². The van der Waals surface area contributed by atoms with Crippen molar-refractivity contribution in [3.63, 3.8) is 0 Å². The summed E-state index contributed by atoms with van der Waals surface area (Å²) in [5, 5.41) is 0. The number of hydrogen-bond acceptors (Lipinski definition) is 1. The third-order valence-corrected chi connectivity index (χ3v) is 1.98. The molecule has 0 aromatic heterocycles. The molecule has 66 valence electrons. The molecule has 0 unspecified atom stereocenters. The molecular formula is C12H12O. The molecule has 0 N–H and O–H groups in total. The smallest absolute Gasteiger partial charge is 0.160 e. The first kappa shape index (κ1) is 9.50. The number of rotatable bonds is 2. The molecule has 0 aliphatic heterocycles. The van der Waals surface area contributed by atoms with E-state index in [2.05, 4.69) is 12.3 Å². The summed E-state index contributed by atoms with van der Waals surface area (Å²) in [6, 6.07) is 7.49. The number of carbonyl (C=O) groups is 1. The quantitative estimate of drug-likeness (QED) is 0.495. The van der Waals surface area contributed by atoms with E-state index in [4.69, 9.17) is 0 Å². The Hall–Kier alpha value is -1.59. The van der Waals surface area contributed by atoms with Gasteiger partial charge in [-0.05, 0) is 25.0 Å². The van der Waals surface area contributed by atoms with E-state index in [0.717, 1.165) is 16.7 Å². The van der Waals surface area contributed by atoms with Gasteiger partial charge in [0.15, 0.2) is 5.78 Å². The highest BCUT2D eigenvalue weighted by atomic mass is 16.1. The van der Waals surface area contributed by atoms with Crippen LogP contribution in [-0.4, -0.2) is 5.78 Å². The SMILES string of the molecule is C=C=C(C)c1ccccc1C(C)=O. The monoisotopic (exact) mass is 172 g/mol. The zero-order valence-electron chi connectivity index (χ0n) is 7.92. The molecule has 0 spiro atoms. The molecule has 1 heteroatoms. The third-order valence-electron chi connectivity index (χ3n) is 1.98. The molecule has 0 radical (unpaired) electrons. The lowest BCUT2D eigenvalue weighted by Gasteiger charge is -2.04. The Balaban J connectivity index is 3.36. The predicted molar refractivity (Wildman–Crippen MR) is 54.7 cm³/mol. The first-order valence-corrected chi connectivity index (χ1v) is 4.14. The maximum Gasteiger partial charge on any atom is 0.160 e. The molecule has 0 bridgehead atoms. The minimum Gasteiger partial charge on any atom is -0.294 e. The Morgan fingerprint density at radius 3 is 2.23 bits per heavy atom. The molecular weight excluding hydrogens is 160 g/mol. The van der Waals surface area contributed by atoms with Gasteiger partial charge in [0.25, 0.3) is 0 Å². The second-order valence-corrected chi connectivity index (χ2v) is 2.90. The van der Waals surface area contributed by atoms with Crippen molar-refractivity contribution in [2.24, 2.45) is 0 Å². The summed E-state index contributed by atoms with van der Waals surface area (Å²) in [6.45, 7) is 7.03. The van der Waals surface area contributed by atoms with Gasteiger partial charge in [0, 0.05) is 5.56 Å². The van der Waals surface area contributed by atoms with Crippen molar-refractivity contribution in [1.29, 1.82) is 0 Å². The summed E-state index contributed by atoms with van der Waals surface area (Å²) in [5.74, 6) is 0.0743. The zero-order valence-corrected chi connectivity index (χ0v) is 7.92. The normalized spacial score (nSPS) is 9.08. The van der Waals surface area contributed by atoms with Crippen LogP contribution in [0.2, 0.25) is 0 Å². The van der Waals surface area contributed by atoms with Crippen molar-refractivity contribution < 1.29 is 4.79 Å². The number of benzene rings is 1. The average molecular weight is 172 g/mol. The summed E-state index contributed by atoms with van der Waals surface area (Å²) in [7, 11) is 0. The number of ketones is 1. The summed E-state index contributed by atoms with van der Waals surface area (Å²) < 4.78 is 0. The first-order chi connectivity index (χ1) is 6.16. The molecule has 0 saturated heterocycles. The van der Waals surface area contributed by atoms with E-state index in [1.807, 2.05) is 31.2 Å². The molecule has 0 amide bonds. The first-order valence-electron chi connectivity index (χ1n) is 4.14. The standard InChI is InChI=1S/C12H12O/c1-4-9(2)11-7-5-6-8-12(11)10(3)13/h5-8H,1H2,2-3H3. The van der Waals surface area contributed by atoms with Gasteiger partial charge >= 0.3 is 0 Å². The molecule has 0 aliphatic rings. The molecule has 13 heavy (non-hydrogen) atoms. The summed E-state index contributed by atoms with van der Waals surface area (Å²) >= 11 is 0. The van der Waals surface area contributed by atoms with Crippen LogP contribution in [0.4, 0.5) is 0 Å². The summed E-state index contributed by atoms with van der Waals surface area (Å²) in [6.07, 6.45) is 0. The summed E-state index contributed by atoms with van der Waals surface area (Å²) in [5.41, 5.74) is 5.35. The van der Waals surface area contributed by atoms with Gasteiger partial charge in [0.2, 0.25) is 0 Å². The van der Waals surface area contributed by atoms with Crippen molar-refractivity contribution in [1.82, 2.24) is 0 Å². The Kier molecular flexibility index (Phi) is 2.84. The van der Waals surface area contributed by atoms with Crippen molar-refractivity contribution in [2.75, 3.05) is 0 Å². The third kappa shape index (κ3) is 1.95. The molecule has 1 aromatic carbocycles. The molecule has 0 fully saturated rings. The molecule has 0 atom stereocenters. The molecule has 0 aliphatic carbocycles. The van der Waals surface area contributed by atoms with Gasteiger partial charge in [-0.25, -0.2) is 0 Å². The molecule has 1 nitrogen and oxygen atoms in total.